The van der Waals surface area contributed by atoms with E-state index in [2.05, 4.69) is 5.32 Å². The lowest BCUT2D eigenvalue weighted by Gasteiger charge is -2.18. The van der Waals surface area contributed by atoms with Gasteiger partial charge in [-0.1, -0.05) is 19.1 Å². The average Bonchev–Trinajstić information content (AvgIpc) is 2.70. The van der Waals surface area contributed by atoms with Crippen LogP contribution in [0.15, 0.2) is 47.7 Å². The molecule has 0 saturated heterocycles. The standard InChI is InChI=1S/C22H23FN2O4/c1-5-13(2)29-21-11-20(25-22(27)18(12-24)14(3)26)19(23)10-17(21)15-6-8-16(28-4)9-7-15/h6-11,13,26H,5H2,1-4H3,(H,25,27)/b18-14-. The number of hydrogen-bond donors (Lipinski definition) is 2. The number of halogens is 1. The maximum atomic E-state index is 14.8. The maximum absolute atomic E-state index is 14.8. The first kappa shape index (κ1) is 21.8. The lowest BCUT2D eigenvalue weighted by Crippen LogP contribution is -2.17. The maximum Gasteiger partial charge on any atom is 0.269 e. The number of methoxy groups -OCH3 is 1. The number of carbonyl (C=O) groups is 1. The number of hydrogen-bond acceptors (Lipinski definition) is 5. The lowest BCUT2D eigenvalue weighted by molar-refractivity contribution is -0.112. The van der Waals surface area contributed by atoms with Gasteiger partial charge in [-0.2, -0.15) is 5.26 Å². The minimum absolute atomic E-state index is 0.143. The number of rotatable bonds is 7. The average molecular weight is 398 g/mol. The second-order valence-corrected chi connectivity index (χ2v) is 6.42. The highest BCUT2D eigenvalue weighted by molar-refractivity contribution is 6.07. The van der Waals surface area contributed by atoms with E-state index in [0.717, 1.165) is 6.42 Å². The SMILES string of the molecule is CCC(C)Oc1cc(NC(=O)/C(C#N)=C(/C)O)c(F)cc1-c1ccc(OC)cc1. The van der Waals surface area contributed by atoms with E-state index in [4.69, 9.17) is 14.7 Å². The third-order valence-electron chi connectivity index (χ3n) is 4.32. The van der Waals surface area contributed by atoms with Crippen molar-refractivity contribution in [2.75, 3.05) is 12.4 Å². The topological polar surface area (TPSA) is 91.6 Å². The Morgan fingerprint density at radius 1 is 1.31 bits per heavy atom. The molecule has 29 heavy (non-hydrogen) atoms. The number of nitrogens with zero attached hydrogens (tertiary/aromatic N) is 1. The highest BCUT2D eigenvalue weighted by atomic mass is 19.1. The van der Waals surface area contributed by atoms with Crippen molar-refractivity contribution in [2.24, 2.45) is 0 Å². The normalized spacial score (nSPS) is 12.4. The molecule has 0 aliphatic rings. The Kier molecular flexibility index (Phi) is 7.21. The molecular formula is C22H23FN2O4. The van der Waals surface area contributed by atoms with E-state index in [1.165, 1.54) is 19.1 Å². The van der Waals surface area contributed by atoms with E-state index in [-0.39, 0.29) is 11.8 Å². The van der Waals surface area contributed by atoms with Crippen molar-refractivity contribution in [3.8, 4) is 28.7 Å². The molecule has 1 unspecified atom stereocenters. The van der Waals surface area contributed by atoms with Crippen LogP contribution in [0.25, 0.3) is 11.1 Å². The molecule has 1 amide bonds. The molecule has 0 radical (unpaired) electrons. The molecule has 0 aromatic heterocycles. The van der Waals surface area contributed by atoms with Gasteiger partial charge in [-0.15, -0.1) is 0 Å². The fraction of sp³-hybridized carbons (Fsp3) is 0.273. The Balaban J connectivity index is 2.50. The highest BCUT2D eigenvalue weighted by Gasteiger charge is 2.19. The van der Waals surface area contributed by atoms with Gasteiger partial charge in [0.25, 0.3) is 5.91 Å². The molecule has 0 spiro atoms. The summed E-state index contributed by atoms with van der Waals surface area (Å²) in [7, 11) is 1.56. The Morgan fingerprint density at radius 3 is 2.48 bits per heavy atom. The van der Waals surface area contributed by atoms with Gasteiger partial charge in [0, 0.05) is 11.6 Å². The number of ether oxygens (including phenoxy) is 2. The smallest absolute Gasteiger partial charge is 0.269 e. The van der Waals surface area contributed by atoms with Crippen molar-refractivity contribution in [1.29, 1.82) is 5.26 Å². The molecule has 2 N–H and O–H groups in total. The van der Waals surface area contributed by atoms with E-state index in [0.29, 0.717) is 22.6 Å². The van der Waals surface area contributed by atoms with E-state index >= 15 is 0 Å². The minimum atomic E-state index is -0.905. The summed E-state index contributed by atoms with van der Waals surface area (Å²) in [4.78, 5) is 12.2. The lowest BCUT2D eigenvalue weighted by atomic mass is 10.0. The van der Waals surface area contributed by atoms with Gasteiger partial charge in [0.15, 0.2) is 5.57 Å². The Hall–Kier alpha value is -3.53. The third-order valence-corrected chi connectivity index (χ3v) is 4.32. The monoisotopic (exact) mass is 398 g/mol. The number of aliphatic hydroxyl groups excluding tert-OH is 1. The summed E-state index contributed by atoms with van der Waals surface area (Å²) in [6.07, 6.45) is 0.585. The summed E-state index contributed by atoms with van der Waals surface area (Å²) in [6.45, 7) is 5.04. The second kappa shape index (κ2) is 9.60. The molecule has 2 aromatic rings. The zero-order chi connectivity index (χ0) is 21.6. The van der Waals surface area contributed by atoms with E-state index in [9.17, 15) is 14.3 Å². The molecule has 6 nitrogen and oxygen atoms in total. The fourth-order valence-electron chi connectivity index (χ4n) is 2.52. The third kappa shape index (κ3) is 5.26. The largest absolute Gasteiger partial charge is 0.511 e. The van der Waals surface area contributed by atoms with Crippen molar-refractivity contribution in [3.05, 3.63) is 53.5 Å². The molecule has 0 bridgehead atoms. The summed E-state index contributed by atoms with van der Waals surface area (Å²) >= 11 is 0. The molecule has 0 saturated carbocycles. The minimum Gasteiger partial charge on any atom is -0.511 e. The quantitative estimate of drug-likeness (QED) is 0.390. The number of amides is 1. The molecule has 0 heterocycles. The van der Waals surface area contributed by atoms with Crippen LogP contribution in [0, 0.1) is 17.1 Å². The molecule has 2 aromatic carbocycles. The van der Waals surface area contributed by atoms with Crippen LogP contribution in [-0.4, -0.2) is 24.2 Å². The van der Waals surface area contributed by atoms with E-state index in [1.54, 1.807) is 37.4 Å². The number of anilines is 1. The molecular weight excluding hydrogens is 375 g/mol. The molecule has 152 valence electrons. The van der Waals surface area contributed by atoms with Crippen molar-refractivity contribution < 1.29 is 23.8 Å². The molecule has 0 aliphatic heterocycles. The molecule has 0 aliphatic carbocycles. The van der Waals surface area contributed by atoms with E-state index in [1.807, 2.05) is 13.8 Å². The predicted octanol–water partition coefficient (Wildman–Crippen LogP) is 4.97. The summed E-state index contributed by atoms with van der Waals surface area (Å²) < 4.78 is 25.8. The van der Waals surface area contributed by atoms with Gasteiger partial charge >= 0.3 is 0 Å². The van der Waals surface area contributed by atoms with Crippen LogP contribution in [0.4, 0.5) is 10.1 Å². The second-order valence-electron chi connectivity index (χ2n) is 6.42. The van der Waals surface area contributed by atoms with Crippen LogP contribution in [0.2, 0.25) is 0 Å². The summed E-state index contributed by atoms with van der Waals surface area (Å²) in [5.41, 5.74) is 0.579. The predicted molar refractivity (Wildman–Crippen MR) is 108 cm³/mol. The van der Waals surface area contributed by atoms with Gasteiger partial charge in [-0.05, 0) is 44.0 Å². The van der Waals surface area contributed by atoms with Crippen LogP contribution in [0.1, 0.15) is 27.2 Å². The number of nitriles is 1. The van der Waals surface area contributed by atoms with Crippen LogP contribution in [-0.2, 0) is 4.79 Å². The van der Waals surface area contributed by atoms with Gasteiger partial charge in [0.1, 0.15) is 29.1 Å². The van der Waals surface area contributed by atoms with Gasteiger partial charge in [-0.25, -0.2) is 4.39 Å². The summed E-state index contributed by atoms with van der Waals surface area (Å²) in [5.74, 6) is -1.01. The number of benzene rings is 2. The van der Waals surface area contributed by atoms with Gasteiger partial charge in [0.05, 0.1) is 18.9 Å². The van der Waals surface area contributed by atoms with Crippen molar-refractivity contribution in [1.82, 2.24) is 0 Å². The zero-order valence-electron chi connectivity index (χ0n) is 16.7. The van der Waals surface area contributed by atoms with Gasteiger partial charge in [0.2, 0.25) is 0 Å². The van der Waals surface area contributed by atoms with Gasteiger partial charge < -0.3 is 19.9 Å². The number of nitrogens with one attached hydrogen (secondary N) is 1. The van der Waals surface area contributed by atoms with E-state index < -0.39 is 23.1 Å². The first-order valence-electron chi connectivity index (χ1n) is 9.06. The molecule has 2 rings (SSSR count). The first-order chi connectivity index (χ1) is 13.8. The Labute approximate surface area is 169 Å². The zero-order valence-corrected chi connectivity index (χ0v) is 16.7. The first-order valence-corrected chi connectivity index (χ1v) is 9.06. The van der Waals surface area contributed by atoms with Crippen LogP contribution >= 0.6 is 0 Å². The van der Waals surface area contributed by atoms with Crippen molar-refractivity contribution >= 4 is 11.6 Å². The van der Waals surface area contributed by atoms with Crippen molar-refractivity contribution in [2.45, 2.75) is 33.3 Å². The number of allylic oxidation sites excluding steroid dienone is 1. The molecule has 7 heteroatoms. The molecule has 1 atom stereocenters. The van der Waals surface area contributed by atoms with Crippen LogP contribution in [0.3, 0.4) is 0 Å². The van der Waals surface area contributed by atoms with Crippen LogP contribution < -0.4 is 14.8 Å². The molecule has 0 fully saturated rings. The number of aliphatic hydroxyl groups is 1. The highest BCUT2D eigenvalue weighted by Crippen LogP contribution is 2.36. The number of carbonyl (C=O) groups excluding carboxylic acids is 1. The van der Waals surface area contributed by atoms with Gasteiger partial charge in [-0.3, -0.25) is 4.79 Å². The van der Waals surface area contributed by atoms with Crippen molar-refractivity contribution in [3.63, 3.8) is 0 Å². The Bertz CT molecular complexity index is 958. The Morgan fingerprint density at radius 2 is 1.97 bits per heavy atom. The summed E-state index contributed by atoms with van der Waals surface area (Å²) in [5, 5.41) is 20.8. The summed E-state index contributed by atoms with van der Waals surface area (Å²) in [6, 6.07) is 11.3. The van der Waals surface area contributed by atoms with Crippen LogP contribution in [0.5, 0.6) is 11.5 Å². The fourth-order valence-corrected chi connectivity index (χ4v) is 2.52.